The molecule has 1 aromatic carbocycles. The van der Waals surface area contributed by atoms with Crippen molar-refractivity contribution in [3.05, 3.63) is 65.8 Å². The Morgan fingerprint density at radius 1 is 1.03 bits per heavy atom. The standard InChI is InChI=1S/C27H36F2/c1-3-7-21-10-12-22(13-11-21)8-5-6-9-24-18-19-25(27(29)26(24)28)23-16-14-20(4-2)15-17-23/h4-5,8,16,18-22H,2-3,6-7,9-15,17H2,1H3. The largest absolute Gasteiger partial charge is 0.203 e. The molecule has 0 radical (unpaired) electrons. The van der Waals surface area contributed by atoms with Crippen LogP contribution >= 0.6 is 0 Å². The molecule has 0 nitrogen and oxygen atoms in total. The molecule has 1 fully saturated rings. The molecule has 0 aromatic heterocycles. The van der Waals surface area contributed by atoms with Gasteiger partial charge in [0.15, 0.2) is 11.6 Å². The van der Waals surface area contributed by atoms with Crippen LogP contribution in [0.5, 0.6) is 0 Å². The fourth-order valence-electron chi connectivity index (χ4n) is 4.95. The van der Waals surface area contributed by atoms with Crippen molar-refractivity contribution in [1.29, 1.82) is 0 Å². The van der Waals surface area contributed by atoms with Crippen molar-refractivity contribution in [1.82, 2.24) is 0 Å². The monoisotopic (exact) mass is 398 g/mol. The van der Waals surface area contributed by atoms with Crippen LogP contribution in [0.25, 0.3) is 5.57 Å². The van der Waals surface area contributed by atoms with E-state index in [0.717, 1.165) is 37.2 Å². The summed E-state index contributed by atoms with van der Waals surface area (Å²) in [5.74, 6) is 0.707. The summed E-state index contributed by atoms with van der Waals surface area (Å²) in [6.07, 6.45) is 20.3. The number of benzene rings is 1. The summed E-state index contributed by atoms with van der Waals surface area (Å²) in [5.41, 5.74) is 1.86. The number of hydrogen-bond acceptors (Lipinski definition) is 0. The highest BCUT2D eigenvalue weighted by Crippen LogP contribution is 2.34. The van der Waals surface area contributed by atoms with Gasteiger partial charge in [-0.25, -0.2) is 8.78 Å². The molecule has 29 heavy (non-hydrogen) atoms. The quantitative estimate of drug-likeness (QED) is 0.385. The minimum atomic E-state index is -0.677. The van der Waals surface area contributed by atoms with E-state index in [-0.39, 0.29) is 0 Å². The van der Waals surface area contributed by atoms with Gasteiger partial charge in [0.25, 0.3) is 0 Å². The molecule has 0 N–H and O–H groups in total. The molecule has 2 heteroatoms. The van der Waals surface area contributed by atoms with Gasteiger partial charge in [0, 0.05) is 5.56 Å². The Morgan fingerprint density at radius 3 is 2.48 bits per heavy atom. The van der Waals surface area contributed by atoms with Gasteiger partial charge in [-0.3, -0.25) is 0 Å². The maximum Gasteiger partial charge on any atom is 0.166 e. The minimum absolute atomic E-state index is 0.438. The van der Waals surface area contributed by atoms with Crippen LogP contribution in [0.4, 0.5) is 8.78 Å². The summed E-state index contributed by atoms with van der Waals surface area (Å²) in [6.45, 7) is 6.10. The van der Waals surface area contributed by atoms with Gasteiger partial charge in [-0.05, 0) is 86.7 Å². The summed E-state index contributed by atoms with van der Waals surface area (Å²) >= 11 is 0. The topological polar surface area (TPSA) is 0 Å². The highest BCUT2D eigenvalue weighted by molar-refractivity contribution is 5.67. The molecule has 158 valence electrons. The van der Waals surface area contributed by atoms with Gasteiger partial charge in [-0.2, -0.15) is 0 Å². The first-order chi connectivity index (χ1) is 14.1. The molecule has 2 aliphatic rings. The molecule has 1 aromatic rings. The normalized spacial score (nSPS) is 25.2. The Labute approximate surface area is 175 Å². The van der Waals surface area contributed by atoms with Gasteiger partial charge >= 0.3 is 0 Å². The maximum atomic E-state index is 14.7. The molecule has 1 atom stereocenters. The van der Waals surface area contributed by atoms with Crippen molar-refractivity contribution in [2.45, 2.75) is 77.6 Å². The molecule has 0 aliphatic heterocycles. The average molecular weight is 399 g/mol. The molecule has 1 unspecified atom stereocenters. The second-order valence-electron chi connectivity index (χ2n) is 8.94. The van der Waals surface area contributed by atoms with E-state index in [1.165, 1.54) is 38.5 Å². The van der Waals surface area contributed by atoms with Crippen LogP contribution in [-0.2, 0) is 6.42 Å². The first kappa shape index (κ1) is 22.0. The van der Waals surface area contributed by atoms with E-state index < -0.39 is 11.6 Å². The molecule has 0 bridgehead atoms. The Balaban J connectivity index is 1.52. The molecular weight excluding hydrogens is 362 g/mol. The van der Waals surface area contributed by atoms with Gasteiger partial charge in [0.1, 0.15) is 0 Å². The van der Waals surface area contributed by atoms with Crippen molar-refractivity contribution in [2.24, 2.45) is 17.8 Å². The predicted molar refractivity (Wildman–Crippen MR) is 120 cm³/mol. The third-order valence-electron chi connectivity index (χ3n) is 6.87. The average Bonchev–Trinajstić information content (AvgIpc) is 2.75. The Morgan fingerprint density at radius 2 is 1.83 bits per heavy atom. The lowest BCUT2D eigenvalue weighted by molar-refractivity contribution is 0.294. The van der Waals surface area contributed by atoms with Crippen molar-refractivity contribution in [3.63, 3.8) is 0 Å². The second kappa shape index (κ2) is 10.9. The number of rotatable bonds is 8. The lowest BCUT2D eigenvalue weighted by Gasteiger charge is -2.26. The highest BCUT2D eigenvalue weighted by Gasteiger charge is 2.20. The third kappa shape index (κ3) is 5.90. The van der Waals surface area contributed by atoms with Crippen LogP contribution in [0.15, 0.2) is 43.0 Å². The van der Waals surface area contributed by atoms with Gasteiger partial charge in [0.2, 0.25) is 0 Å². The predicted octanol–water partition coefficient (Wildman–Crippen LogP) is 8.43. The van der Waals surface area contributed by atoms with E-state index in [1.54, 1.807) is 12.1 Å². The first-order valence-corrected chi connectivity index (χ1v) is 11.6. The number of aryl methyl sites for hydroxylation is 1. The van der Waals surface area contributed by atoms with Crippen LogP contribution in [0, 0.1) is 29.4 Å². The lowest BCUT2D eigenvalue weighted by atomic mass is 9.80. The van der Waals surface area contributed by atoms with Gasteiger partial charge in [-0.15, -0.1) is 6.58 Å². The smallest absolute Gasteiger partial charge is 0.166 e. The Hall–Kier alpha value is -1.70. The third-order valence-corrected chi connectivity index (χ3v) is 6.87. The van der Waals surface area contributed by atoms with Gasteiger partial charge in [0.05, 0.1) is 0 Å². The van der Waals surface area contributed by atoms with E-state index in [2.05, 4.69) is 25.7 Å². The van der Waals surface area contributed by atoms with E-state index >= 15 is 0 Å². The zero-order valence-corrected chi connectivity index (χ0v) is 17.9. The number of halogens is 2. The van der Waals surface area contributed by atoms with Gasteiger partial charge in [-0.1, -0.05) is 56.2 Å². The summed E-state index contributed by atoms with van der Waals surface area (Å²) in [4.78, 5) is 0. The lowest BCUT2D eigenvalue weighted by Crippen LogP contribution is -2.12. The Bertz CT molecular complexity index is 735. The van der Waals surface area contributed by atoms with Crippen molar-refractivity contribution < 1.29 is 8.78 Å². The van der Waals surface area contributed by atoms with Crippen molar-refractivity contribution >= 4 is 5.57 Å². The molecule has 2 aliphatic carbocycles. The van der Waals surface area contributed by atoms with Crippen LogP contribution in [-0.4, -0.2) is 0 Å². The minimum Gasteiger partial charge on any atom is -0.203 e. The summed E-state index contributed by atoms with van der Waals surface area (Å²) in [6, 6.07) is 3.55. The molecule has 0 amide bonds. The van der Waals surface area contributed by atoms with Gasteiger partial charge < -0.3 is 0 Å². The van der Waals surface area contributed by atoms with Crippen LogP contribution in [0.3, 0.4) is 0 Å². The fraction of sp³-hybridized carbons (Fsp3) is 0.556. The first-order valence-electron chi connectivity index (χ1n) is 11.6. The van der Waals surface area contributed by atoms with E-state index in [1.807, 2.05) is 12.2 Å². The molecule has 1 saturated carbocycles. The van der Waals surface area contributed by atoms with Crippen LogP contribution < -0.4 is 0 Å². The summed E-state index contributed by atoms with van der Waals surface area (Å²) in [7, 11) is 0. The molecule has 0 heterocycles. The van der Waals surface area contributed by atoms with Crippen LogP contribution in [0.2, 0.25) is 0 Å². The zero-order valence-electron chi connectivity index (χ0n) is 17.9. The van der Waals surface area contributed by atoms with E-state index in [9.17, 15) is 8.78 Å². The number of allylic oxidation sites excluding steroid dienone is 5. The highest BCUT2D eigenvalue weighted by atomic mass is 19.2. The molecule has 0 spiro atoms. The van der Waals surface area contributed by atoms with E-state index in [4.69, 9.17) is 0 Å². The molecule has 3 rings (SSSR count). The fourth-order valence-corrected chi connectivity index (χ4v) is 4.95. The molecular formula is C27H36F2. The second-order valence-corrected chi connectivity index (χ2v) is 8.94. The summed E-state index contributed by atoms with van der Waals surface area (Å²) in [5, 5.41) is 0. The SMILES string of the molecule is C=CC1CC=C(c2ccc(CCC=CC3CCC(CCC)CC3)c(F)c2F)CC1. The maximum absolute atomic E-state index is 14.7. The van der Waals surface area contributed by atoms with Crippen molar-refractivity contribution in [2.75, 3.05) is 0 Å². The summed E-state index contributed by atoms with van der Waals surface area (Å²) < 4.78 is 29.3. The molecule has 0 saturated heterocycles. The zero-order chi connectivity index (χ0) is 20.6. The number of hydrogen-bond donors (Lipinski definition) is 0. The Kier molecular flexibility index (Phi) is 8.27. The van der Waals surface area contributed by atoms with Crippen LogP contribution in [0.1, 0.15) is 82.3 Å². The van der Waals surface area contributed by atoms with Crippen molar-refractivity contribution in [3.8, 4) is 0 Å². The van der Waals surface area contributed by atoms with E-state index in [0.29, 0.717) is 29.4 Å².